The van der Waals surface area contributed by atoms with Gasteiger partial charge in [-0.1, -0.05) is 24.3 Å². The highest BCUT2D eigenvalue weighted by atomic mass is 16.5. The normalized spacial score (nSPS) is 10.9. The zero-order chi connectivity index (χ0) is 26.2. The Kier molecular flexibility index (Phi) is 8.27. The number of carbonyl (C=O) groups is 2. The molecule has 3 N–H and O–H groups in total. The van der Waals surface area contributed by atoms with Gasteiger partial charge >= 0.3 is 5.97 Å². The molecule has 0 saturated heterocycles. The van der Waals surface area contributed by atoms with Crippen LogP contribution in [-0.2, 0) is 6.54 Å². The number of carboxylic acids is 1. The number of nitrogens with one attached hydrogen (secondary N) is 2. The van der Waals surface area contributed by atoms with Crippen molar-refractivity contribution in [3.63, 3.8) is 0 Å². The minimum atomic E-state index is -1.04. The fraction of sp³-hybridized carbons (Fsp3) is 0.214. The van der Waals surface area contributed by atoms with Gasteiger partial charge in [0.05, 0.1) is 17.7 Å². The molecule has 0 aliphatic carbocycles. The van der Waals surface area contributed by atoms with Gasteiger partial charge in [-0.3, -0.25) is 4.79 Å². The number of amides is 1. The summed E-state index contributed by atoms with van der Waals surface area (Å²) in [5, 5.41) is 16.2. The van der Waals surface area contributed by atoms with Crippen molar-refractivity contribution in [2.75, 3.05) is 37.9 Å². The third-order valence-corrected chi connectivity index (χ3v) is 5.65. The summed E-state index contributed by atoms with van der Waals surface area (Å²) in [5.41, 5.74) is 2.57. The summed E-state index contributed by atoms with van der Waals surface area (Å²) in [6.07, 6.45) is 2.24. The maximum absolute atomic E-state index is 12.9. The smallest absolute Gasteiger partial charge is 0.337 e. The van der Waals surface area contributed by atoms with Crippen LogP contribution in [0.1, 0.15) is 32.7 Å². The number of carbonyl (C=O) groups excluding carboxylic acids is 1. The molecule has 0 atom stereocenters. The molecule has 0 aliphatic rings. The second-order valence-corrected chi connectivity index (χ2v) is 8.77. The van der Waals surface area contributed by atoms with Gasteiger partial charge in [-0.05, 0) is 68.5 Å². The van der Waals surface area contributed by atoms with Crippen LogP contribution in [0.4, 0.5) is 11.5 Å². The summed E-state index contributed by atoms with van der Waals surface area (Å²) in [4.78, 5) is 34.9. The topological polar surface area (TPSA) is 117 Å². The van der Waals surface area contributed by atoms with E-state index in [0.29, 0.717) is 46.9 Å². The standard InChI is InChI=1S/C28H29N5O4/c1-33(2)13-6-14-37-22-10-4-8-20(16-22)27(34)32-21-9-3-7-19(15-21)17-29-26-23-11-5-12-24(28(35)36)25(23)30-18-31-26/h3-5,7-12,15-16,18H,6,13-14,17H2,1-2H3,(H,32,34)(H,35,36)(H,29,30,31). The number of carboxylic acid groups (broad SMARTS) is 1. The van der Waals surface area contributed by atoms with E-state index in [1.54, 1.807) is 30.3 Å². The average molecular weight is 500 g/mol. The summed E-state index contributed by atoms with van der Waals surface area (Å²) >= 11 is 0. The molecule has 0 fully saturated rings. The largest absolute Gasteiger partial charge is 0.494 e. The molecule has 0 bridgehead atoms. The van der Waals surface area contributed by atoms with Gasteiger partial charge in [0.2, 0.25) is 0 Å². The summed E-state index contributed by atoms with van der Waals surface area (Å²) < 4.78 is 5.78. The SMILES string of the molecule is CN(C)CCCOc1cccc(C(=O)Nc2cccc(CNc3ncnc4c(C(=O)O)cccc34)c2)c1. The van der Waals surface area contributed by atoms with E-state index in [2.05, 4.69) is 25.5 Å². The van der Waals surface area contributed by atoms with Crippen molar-refractivity contribution < 1.29 is 19.4 Å². The first-order chi connectivity index (χ1) is 17.9. The van der Waals surface area contributed by atoms with Crippen LogP contribution in [0.5, 0.6) is 5.75 Å². The zero-order valence-corrected chi connectivity index (χ0v) is 20.8. The first kappa shape index (κ1) is 25.6. The lowest BCUT2D eigenvalue weighted by Crippen LogP contribution is -2.16. The molecule has 0 saturated carbocycles. The van der Waals surface area contributed by atoms with Crippen LogP contribution in [0.3, 0.4) is 0 Å². The molecule has 4 aromatic rings. The Bertz CT molecular complexity index is 1410. The lowest BCUT2D eigenvalue weighted by molar-refractivity contribution is 0.0698. The van der Waals surface area contributed by atoms with Gasteiger partial charge in [0.1, 0.15) is 17.9 Å². The lowest BCUT2D eigenvalue weighted by atomic mass is 10.1. The predicted octanol–water partition coefficient (Wildman–Crippen LogP) is 4.52. The summed E-state index contributed by atoms with van der Waals surface area (Å²) in [6, 6.07) is 19.6. The van der Waals surface area contributed by atoms with Crippen molar-refractivity contribution in [3.05, 3.63) is 89.7 Å². The number of para-hydroxylation sites is 1. The molecule has 1 amide bonds. The Labute approximate surface area is 215 Å². The molecule has 1 heterocycles. The highest BCUT2D eigenvalue weighted by Gasteiger charge is 2.13. The molecule has 0 radical (unpaired) electrons. The van der Waals surface area contributed by atoms with E-state index in [1.807, 2.05) is 44.4 Å². The van der Waals surface area contributed by atoms with Gasteiger partial charge < -0.3 is 25.4 Å². The van der Waals surface area contributed by atoms with Crippen LogP contribution >= 0.6 is 0 Å². The number of anilines is 2. The Morgan fingerprint density at radius 1 is 1.00 bits per heavy atom. The van der Waals surface area contributed by atoms with E-state index < -0.39 is 5.97 Å². The highest BCUT2D eigenvalue weighted by Crippen LogP contribution is 2.23. The van der Waals surface area contributed by atoms with Crippen molar-refractivity contribution in [1.29, 1.82) is 0 Å². The van der Waals surface area contributed by atoms with Gasteiger partial charge in [-0.15, -0.1) is 0 Å². The number of ether oxygens (including phenoxy) is 1. The second-order valence-electron chi connectivity index (χ2n) is 8.77. The minimum Gasteiger partial charge on any atom is -0.494 e. The Morgan fingerprint density at radius 3 is 2.62 bits per heavy atom. The molecule has 0 spiro atoms. The van der Waals surface area contributed by atoms with Gasteiger partial charge in [0.25, 0.3) is 5.91 Å². The van der Waals surface area contributed by atoms with E-state index >= 15 is 0 Å². The average Bonchev–Trinajstić information content (AvgIpc) is 2.89. The monoisotopic (exact) mass is 499 g/mol. The number of hydrogen-bond donors (Lipinski definition) is 3. The fourth-order valence-electron chi connectivity index (χ4n) is 3.85. The van der Waals surface area contributed by atoms with Crippen molar-refractivity contribution >= 4 is 34.3 Å². The fourth-order valence-corrected chi connectivity index (χ4v) is 3.85. The lowest BCUT2D eigenvalue weighted by Gasteiger charge is -2.12. The van der Waals surface area contributed by atoms with Gasteiger partial charge in [0, 0.05) is 29.7 Å². The Morgan fingerprint density at radius 2 is 1.81 bits per heavy atom. The number of aromatic nitrogens is 2. The molecule has 0 aliphatic heterocycles. The third kappa shape index (κ3) is 6.80. The number of benzene rings is 3. The van der Waals surface area contributed by atoms with Crippen LogP contribution in [0, 0.1) is 0 Å². The quantitative estimate of drug-likeness (QED) is 0.258. The van der Waals surface area contributed by atoms with Gasteiger partial charge in [0.15, 0.2) is 0 Å². The van der Waals surface area contributed by atoms with E-state index in [0.717, 1.165) is 18.5 Å². The van der Waals surface area contributed by atoms with Crippen LogP contribution in [0.2, 0.25) is 0 Å². The second kappa shape index (κ2) is 12.0. The molecule has 37 heavy (non-hydrogen) atoms. The minimum absolute atomic E-state index is 0.121. The van der Waals surface area contributed by atoms with Crippen molar-refractivity contribution in [2.45, 2.75) is 13.0 Å². The predicted molar refractivity (Wildman–Crippen MR) is 143 cm³/mol. The van der Waals surface area contributed by atoms with Gasteiger partial charge in [-0.2, -0.15) is 0 Å². The third-order valence-electron chi connectivity index (χ3n) is 5.65. The summed E-state index contributed by atoms with van der Waals surface area (Å²) in [6.45, 7) is 1.93. The zero-order valence-electron chi connectivity index (χ0n) is 20.8. The molecule has 4 rings (SSSR count). The number of nitrogens with zero attached hydrogens (tertiary/aromatic N) is 3. The maximum atomic E-state index is 12.9. The number of hydrogen-bond acceptors (Lipinski definition) is 7. The summed E-state index contributed by atoms with van der Waals surface area (Å²) in [5.74, 6) is -0.0793. The molecular weight excluding hydrogens is 470 g/mol. The summed E-state index contributed by atoms with van der Waals surface area (Å²) in [7, 11) is 4.04. The van der Waals surface area contributed by atoms with Crippen LogP contribution in [-0.4, -0.2) is 59.1 Å². The van der Waals surface area contributed by atoms with Crippen molar-refractivity contribution in [3.8, 4) is 5.75 Å². The number of rotatable bonds is 11. The first-order valence-electron chi connectivity index (χ1n) is 11.9. The van der Waals surface area contributed by atoms with Crippen molar-refractivity contribution in [1.82, 2.24) is 14.9 Å². The van der Waals surface area contributed by atoms with Crippen LogP contribution in [0.15, 0.2) is 73.1 Å². The van der Waals surface area contributed by atoms with E-state index in [1.165, 1.54) is 12.4 Å². The molecule has 3 aromatic carbocycles. The molecule has 9 nitrogen and oxygen atoms in total. The van der Waals surface area contributed by atoms with Crippen LogP contribution < -0.4 is 15.4 Å². The van der Waals surface area contributed by atoms with E-state index in [9.17, 15) is 14.7 Å². The maximum Gasteiger partial charge on any atom is 0.337 e. The van der Waals surface area contributed by atoms with Crippen molar-refractivity contribution in [2.24, 2.45) is 0 Å². The molecule has 1 aromatic heterocycles. The molecule has 9 heteroatoms. The molecule has 0 unspecified atom stereocenters. The van der Waals surface area contributed by atoms with Gasteiger partial charge in [-0.25, -0.2) is 14.8 Å². The number of aromatic carboxylic acids is 1. The van der Waals surface area contributed by atoms with E-state index in [-0.39, 0.29) is 11.5 Å². The number of fused-ring (bicyclic) bond motifs is 1. The molecular formula is C28H29N5O4. The highest BCUT2D eigenvalue weighted by molar-refractivity contribution is 6.05. The van der Waals surface area contributed by atoms with E-state index in [4.69, 9.17) is 4.74 Å². The van der Waals surface area contributed by atoms with Crippen LogP contribution in [0.25, 0.3) is 10.9 Å². The molecule has 190 valence electrons. The Hall–Kier alpha value is -4.50. The Balaban J connectivity index is 1.40. The first-order valence-corrected chi connectivity index (χ1v) is 11.9.